The van der Waals surface area contributed by atoms with E-state index >= 15 is 0 Å². The SMILES string of the molecule is COc1cc(NC(=O)C2CCCCC2(C)N)ccc1NS(C)(=O)=O.Cl. The number of anilines is 2. The van der Waals surface area contributed by atoms with Gasteiger partial charge in [0.2, 0.25) is 15.9 Å². The third-order valence-electron chi connectivity index (χ3n) is 4.34. The third kappa shape index (κ3) is 5.76. The van der Waals surface area contributed by atoms with Crippen LogP contribution in [0.3, 0.4) is 0 Å². The van der Waals surface area contributed by atoms with E-state index in [-0.39, 0.29) is 24.2 Å². The van der Waals surface area contributed by atoms with Gasteiger partial charge in [-0.2, -0.15) is 0 Å². The van der Waals surface area contributed by atoms with Gasteiger partial charge in [0.1, 0.15) is 5.75 Å². The lowest BCUT2D eigenvalue weighted by atomic mass is 9.74. The van der Waals surface area contributed by atoms with Crippen LogP contribution in [0.25, 0.3) is 0 Å². The lowest BCUT2D eigenvalue weighted by molar-refractivity contribution is -0.122. The number of hydrogen-bond donors (Lipinski definition) is 3. The van der Waals surface area contributed by atoms with Gasteiger partial charge in [-0.25, -0.2) is 8.42 Å². The summed E-state index contributed by atoms with van der Waals surface area (Å²) in [7, 11) is -1.98. The van der Waals surface area contributed by atoms with Crippen molar-refractivity contribution in [3.05, 3.63) is 18.2 Å². The number of nitrogens with one attached hydrogen (secondary N) is 2. The number of hydrogen-bond acceptors (Lipinski definition) is 5. The van der Waals surface area contributed by atoms with E-state index in [1.54, 1.807) is 18.2 Å². The van der Waals surface area contributed by atoms with Crippen molar-refractivity contribution in [2.45, 2.75) is 38.1 Å². The van der Waals surface area contributed by atoms with Crippen molar-refractivity contribution in [1.82, 2.24) is 0 Å². The van der Waals surface area contributed by atoms with Crippen LogP contribution in [0, 0.1) is 5.92 Å². The Morgan fingerprint density at radius 3 is 2.60 bits per heavy atom. The highest BCUT2D eigenvalue weighted by Crippen LogP contribution is 2.33. The molecule has 142 valence electrons. The van der Waals surface area contributed by atoms with Crippen molar-refractivity contribution >= 4 is 39.7 Å². The number of benzene rings is 1. The zero-order valence-corrected chi connectivity index (χ0v) is 16.3. The average Bonchev–Trinajstić information content (AvgIpc) is 2.46. The van der Waals surface area contributed by atoms with Gasteiger partial charge in [0.25, 0.3) is 0 Å². The molecule has 1 fully saturated rings. The number of carbonyl (C=O) groups excluding carboxylic acids is 1. The Morgan fingerprint density at radius 1 is 1.36 bits per heavy atom. The Morgan fingerprint density at radius 2 is 2.04 bits per heavy atom. The number of rotatable bonds is 5. The quantitative estimate of drug-likeness (QED) is 0.713. The minimum absolute atomic E-state index is 0. The second-order valence-corrected chi connectivity index (χ2v) is 8.33. The topological polar surface area (TPSA) is 111 Å². The molecular formula is C16H26ClN3O4S. The number of sulfonamides is 1. The molecule has 0 heterocycles. The van der Waals surface area contributed by atoms with Crippen LogP contribution in [0.5, 0.6) is 5.75 Å². The molecule has 9 heteroatoms. The van der Waals surface area contributed by atoms with Crippen LogP contribution in [0.15, 0.2) is 18.2 Å². The molecule has 1 amide bonds. The van der Waals surface area contributed by atoms with Crippen molar-refractivity contribution < 1.29 is 17.9 Å². The minimum Gasteiger partial charge on any atom is -0.494 e. The largest absolute Gasteiger partial charge is 0.494 e. The van der Waals surface area contributed by atoms with Crippen LogP contribution in [-0.4, -0.2) is 33.2 Å². The Labute approximate surface area is 155 Å². The second kappa shape index (κ2) is 8.25. The summed E-state index contributed by atoms with van der Waals surface area (Å²) in [6, 6.07) is 4.77. The predicted molar refractivity (Wildman–Crippen MR) is 102 cm³/mol. The van der Waals surface area contributed by atoms with Gasteiger partial charge in [0.05, 0.1) is 25.0 Å². The number of carbonyl (C=O) groups is 1. The van der Waals surface area contributed by atoms with E-state index in [0.717, 1.165) is 31.9 Å². The molecule has 0 spiro atoms. The summed E-state index contributed by atoms with van der Waals surface area (Å²) in [5.74, 6) is -0.0333. The molecular weight excluding hydrogens is 366 g/mol. The average molecular weight is 392 g/mol. The van der Waals surface area contributed by atoms with Gasteiger partial charge in [-0.1, -0.05) is 12.8 Å². The standard InChI is InChI=1S/C16H25N3O4S.ClH/c1-16(17)9-5-4-6-12(16)15(20)18-11-7-8-13(14(10-11)23-2)19-24(3,21)22;/h7-8,10,12,19H,4-6,9,17H2,1-3H3,(H,18,20);1H. The van der Waals surface area contributed by atoms with E-state index in [2.05, 4.69) is 10.0 Å². The fourth-order valence-electron chi connectivity index (χ4n) is 3.07. The summed E-state index contributed by atoms with van der Waals surface area (Å²) in [5, 5.41) is 2.86. The number of halogens is 1. The molecule has 7 nitrogen and oxygen atoms in total. The van der Waals surface area contributed by atoms with Crippen LogP contribution in [-0.2, 0) is 14.8 Å². The summed E-state index contributed by atoms with van der Waals surface area (Å²) in [6.07, 6.45) is 4.68. The summed E-state index contributed by atoms with van der Waals surface area (Å²) in [5.41, 5.74) is 6.61. The summed E-state index contributed by atoms with van der Waals surface area (Å²) < 4.78 is 30.3. The van der Waals surface area contributed by atoms with Gasteiger partial charge in [-0.3, -0.25) is 9.52 Å². The fourth-order valence-corrected chi connectivity index (χ4v) is 3.64. The summed E-state index contributed by atoms with van der Waals surface area (Å²) in [4.78, 5) is 12.6. The molecule has 25 heavy (non-hydrogen) atoms. The first-order chi connectivity index (χ1) is 11.1. The first kappa shape index (κ1) is 21.5. The van der Waals surface area contributed by atoms with E-state index in [0.29, 0.717) is 17.1 Å². The molecule has 0 aliphatic heterocycles. The van der Waals surface area contributed by atoms with Crippen LogP contribution < -0.4 is 20.5 Å². The molecule has 0 saturated heterocycles. The Balaban J connectivity index is 0.00000312. The molecule has 0 bridgehead atoms. The zero-order chi connectivity index (χ0) is 18.0. The van der Waals surface area contributed by atoms with Gasteiger partial charge in [-0.15, -0.1) is 12.4 Å². The van der Waals surface area contributed by atoms with Gasteiger partial charge in [0.15, 0.2) is 0 Å². The molecule has 1 aromatic rings. The number of methoxy groups -OCH3 is 1. The lowest BCUT2D eigenvalue weighted by Crippen LogP contribution is -2.51. The van der Waals surface area contributed by atoms with E-state index in [9.17, 15) is 13.2 Å². The maximum atomic E-state index is 12.6. The molecule has 0 aromatic heterocycles. The van der Waals surface area contributed by atoms with Crippen molar-refractivity contribution in [2.24, 2.45) is 11.7 Å². The van der Waals surface area contributed by atoms with E-state index in [4.69, 9.17) is 10.5 Å². The Hall–Kier alpha value is -1.51. The highest BCUT2D eigenvalue weighted by Gasteiger charge is 2.37. The van der Waals surface area contributed by atoms with E-state index in [1.165, 1.54) is 7.11 Å². The molecule has 1 saturated carbocycles. The maximum absolute atomic E-state index is 12.6. The molecule has 4 N–H and O–H groups in total. The smallest absolute Gasteiger partial charge is 0.229 e. The fraction of sp³-hybridized carbons (Fsp3) is 0.562. The van der Waals surface area contributed by atoms with Gasteiger partial charge in [-0.05, 0) is 31.9 Å². The first-order valence-corrected chi connectivity index (χ1v) is 9.77. The molecule has 1 aliphatic rings. The van der Waals surface area contributed by atoms with Gasteiger partial charge >= 0.3 is 0 Å². The highest BCUT2D eigenvalue weighted by molar-refractivity contribution is 7.92. The van der Waals surface area contributed by atoms with Crippen LogP contribution in [0.1, 0.15) is 32.6 Å². The molecule has 2 atom stereocenters. The molecule has 2 unspecified atom stereocenters. The van der Waals surface area contributed by atoms with Crippen molar-refractivity contribution in [2.75, 3.05) is 23.4 Å². The number of nitrogens with two attached hydrogens (primary N) is 1. The normalized spacial score (nSPS) is 23.3. The molecule has 2 rings (SSSR count). The number of amides is 1. The van der Waals surface area contributed by atoms with Crippen LogP contribution in [0.4, 0.5) is 11.4 Å². The van der Waals surface area contributed by atoms with Crippen LogP contribution in [0.2, 0.25) is 0 Å². The highest BCUT2D eigenvalue weighted by atomic mass is 35.5. The molecule has 1 aliphatic carbocycles. The van der Waals surface area contributed by atoms with Gasteiger partial charge in [0, 0.05) is 17.3 Å². The Bertz CT molecular complexity index is 722. The maximum Gasteiger partial charge on any atom is 0.229 e. The van der Waals surface area contributed by atoms with E-state index in [1.807, 2.05) is 6.92 Å². The first-order valence-electron chi connectivity index (χ1n) is 7.88. The lowest BCUT2D eigenvalue weighted by Gasteiger charge is -2.37. The van der Waals surface area contributed by atoms with Crippen LogP contribution >= 0.6 is 12.4 Å². The second-order valence-electron chi connectivity index (χ2n) is 6.58. The van der Waals surface area contributed by atoms with Crippen molar-refractivity contribution in [3.63, 3.8) is 0 Å². The monoisotopic (exact) mass is 391 g/mol. The molecule has 0 radical (unpaired) electrons. The third-order valence-corrected chi connectivity index (χ3v) is 4.93. The summed E-state index contributed by atoms with van der Waals surface area (Å²) in [6.45, 7) is 1.91. The summed E-state index contributed by atoms with van der Waals surface area (Å²) >= 11 is 0. The number of ether oxygens (including phenoxy) is 1. The minimum atomic E-state index is -3.41. The van der Waals surface area contributed by atoms with E-state index < -0.39 is 15.6 Å². The van der Waals surface area contributed by atoms with Crippen molar-refractivity contribution in [3.8, 4) is 5.75 Å². The zero-order valence-electron chi connectivity index (χ0n) is 14.7. The predicted octanol–water partition coefficient (Wildman–Crippen LogP) is 2.33. The van der Waals surface area contributed by atoms with Gasteiger partial charge < -0.3 is 15.8 Å². The van der Waals surface area contributed by atoms with Crippen molar-refractivity contribution in [1.29, 1.82) is 0 Å². The molecule has 1 aromatic carbocycles. The Kier molecular flexibility index (Phi) is 7.10.